The molecule has 0 amide bonds. The van der Waals surface area contributed by atoms with Crippen molar-refractivity contribution in [3.05, 3.63) is 58.1 Å². The van der Waals surface area contributed by atoms with Gasteiger partial charge in [-0.2, -0.15) is 5.10 Å². The van der Waals surface area contributed by atoms with Gasteiger partial charge in [0.15, 0.2) is 0 Å². The smallest absolute Gasteiger partial charge is 0.287 e. The minimum Gasteiger partial charge on any atom is -0.382 e. The first-order valence-electron chi connectivity index (χ1n) is 11.5. The fourth-order valence-electron chi connectivity index (χ4n) is 4.48. The molecule has 7 nitrogen and oxygen atoms in total. The lowest BCUT2D eigenvalue weighted by atomic mass is 10.0. The number of nitrogens with zero attached hydrogens (tertiary/aromatic N) is 4. The highest BCUT2D eigenvalue weighted by atomic mass is 35.5. The van der Waals surface area contributed by atoms with E-state index in [9.17, 15) is 4.79 Å². The SMILES string of the molecule is O=c1c(Cl)c(NCC2CCCOC2)cnn1C1CCN(Sc2ccc3cccnc3c2)CC1. The van der Waals surface area contributed by atoms with Gasteiger partial charge in [0.05, 0.1) is 30.0 Å². The summed E-state index contributed by atoms with van der Waals surface area (Å²) < 4.78 is 9.44. The molecule has 2 aromatic heterocycles. The molecule has 0 spiro atoms. The van der Waals surface area contributed by atoms with Crippen molar-refractivity contribution < 1.29 is 4.74 Å². The fourth-order valence-corrected chi connectivity index (χ4v) is 5.67. The summed E-state index contributed by atoms with van der Waals surface area (Å²) in [5, 5.41) is 9.13. The standard InChI is InChI=1S/C24H28ClN5O2S/c25-23-22(27-14-17-3-2-12-32-16-17)15-28-30(24(23)31)19-7-10-29(11-8-19)33-20-6-5-18-4-1-9-26-21(18)13-20/h1,4-6,9,13,15,17,19,27H,2-3,7-8,10-12,14,16H2. The zero-order valence-corrected chi connectivity index (χ0v) is 20.0. The van der Waals surface area contributed by atoms with Gasteiger partial charge in [0, 0.05) is 42.7 Å². The normalized spacial score (nSPS) is 20.2. The van der Waals surface area contributed by atoms with E-state index in [1.54, 1.807) is 22.8 Å². The van der Waals surface area contributed by atoms with E-state index in [1.807, 2.05) is 12.3 Å². The number of hydrogen-bond donors (Lipinski definition) is 1. The van der Waals surface area contributed by atoms with Crippen LogP contribution in [0.2, 0.25) is 5.02 Å². The molecule has 1 aromatic carbocycles. The van der Waals surface area contributed by atoms with Crippen LogP contribution in [0.15, 0.2) is 52.4 Å². The zero-order valence-electron chi connectivity index (χ0n) is 18.5. The fraction of sp³-hybridized carbons (Fsp3) is 0.458. The van der Waals surface area contributed by atoms with Crippen molar-refractivity contribution in [1.82, 2.24) is 19.1 Å². The van der Waals surface area contributed by atoms with E-state index in [1.165, 1.54) is 4.90 Å². The molecule has 0 bridgehead atoms. The Kier molecular flexibility index (Phi) is 7.16. The summed E-state index contributed by atoms with van der Waals surface area (Å²) in [6.45, 7) is 4.09. The van der Waals surface area contributed by atoms with Gasteiger partial charge in [-0.15, -0.1) is 0 Å². The van der Waals surface area contributed by atoms with Crippen LogP contribution in [0, 0.1) is 5.92 Å². The number of fused-ring (bicyclic) bond motifs is 1. The molecule has 2 saturated heterocycles. The van der Waals surface area contributed by atoms with E-state index in [0.717, 1.165) is 69.4 Å². The lowest BCUT2D eigenvalue weighted by Crippen LogP contribution is -2.36. The van der Waals surface area contributed by atoms with Crippen LogP contribution in [-0.2, 0) is 4.74 Å². The maximum Gasteiger partial charge on any atom is 0.287 e. The Hall–Kier alpha value is -2.13. The van der Waals surface area contributed by atoms with Crippen LogP contribution < -0.4 is 10.9 Å². The van der Waals surface area contributed by atoms with E-state index in [0.29, 0.717) is 11.6 Å². The van der Waals surface area contributed by atoms with Crippen LogP contribution >= 0.6 is 23.5 Å². The van der Waals surface area contributed by atoms with E-state index < -0.39 is 0 Å². The molecule has 2 aliphatic heterocycles. The summed E-state index contributed by atoms with van der Waals surface area (Å²) in [7, 11) is 0. The van der Waals surface area contributed by atoms with Crippen LogP contribution in [0.3, 0.4) is 0 Å². The van der Waals surface area contributed by atoms with Gasteiger partial charge < -0.3 is 10.1 Å². The van der Waals surface area contributed by atoms with Gasteiger partial charge >= 0.3 is 0 Å². The quantitative estimate of drug-likeness (QED) is 0.510. The van der Waals surface area contributed by atoms with E-state index in [2.05, 4.69) is 44.0 Å². The molecule has 2 fully saturated rings. The Bertz CT molecular complexity index is 1160. The lowest BCUT2D eigenvalue weighted by Gasteiger charge is -2.31. The highest BCUT2D eigenvalue weighted by Gasteiger charge is 2.24. The third-order valence-electron chi connectivity index (χ3n) is 6.36. The highest BCUT2D eigenvalue weighted by Crippen LogP contribution is 2.31. The van der Waals surface area contributed by atoms with Crippen LogP contribution in [-0.4, -0.2) is 51.9 Å². The first-order valence-corrected chi connectivity index (χ1v) is 12.7. The molecular formula is C24H28ClN5O2S. The first-order chi connectivity index (χ1) is 16.2. The number of halogens is 1. The van der Waals surface area contributed by atoms with Crippen molar-refractivity contribution >= 4 is 40.1 Å². The van der Waals surface area contributed by atoms with Gasteiger partial charge in [0.2, 0.25) is 0 Å². The van der Waals surface area contributed by atoms with Crippen molar-refractivity contribution in [2.24, 2.45) is 5.92 Å². The second-order valence-electron chi connectivity index (χ2n) is 8.70. The van der Waals surface area contributed by atoms with E-state index >= 15 is 0 Å². The summed E-state index contributed by atoms with van der Waals surface area (Å²) in [6, 6.07) is 10.5. The molecule has 9 heteroatoms. The first kappa shape index (κ1) is 22.7. The van der Waals surface area contributed by atoms with Crippen LogP contribution in [0.1, 0.15) is 31.7 Å². The predicted molar refractivity (Wildman–Crippen MR) is 133 cm³/mol. The van der Waals surface area contributed by atoms with Crippen LogP contribution in [0.25, 0.3) is 10.9 Å². The average molecular weight is 486 g/mol. The van der Waals surface area contributed by atoms with Crippen molar-refractivity contribution in [1.29, 1.82) is 0 Å². The molecule has 174 valence electrons. The molecule has 0 radical (unpaired) electrons. The Balaban J connectivity index is 1.18. The molecule has 5 rings (SSSR count). The molecule has 3 aromatic rings. The Morgan fingerprint density at radius 3 is 2.91 bits per heavy atom. The predicted octanol–water partition coefficient (Wildman–Crippen LogP) is 4.63. The molecule has 4 heterocycles. The number of aromatic nitrogens is 3. The number of rotatable bonds is 6. The molecule has 0 aliphatic carbocycles. The average Bonchev–Trinajstić information content (AvgIpc) is 2.86. The van der Waals surface area contributed by atoms with Crippen LogP contribution in [0.5, 0.6) is 0 Å². The van der Waals surface area contributed by atoms with Gasteiger partial charge in [-0.05, 0) is 61.7 Å². The maximum atomic E-state index is 12.9. The van der Waals surface area contributed by atoms with Crippen LogP contribution in [0.4, 0.5) is 5.69 Å². The lowest BCUT2D eigenvalue weighted by molar-refractivity contribution is 0.0595. The van der Waals surface area contributed by atoms with Gasteiger partial charge in [0.1, 0.15) is 5.02 Å². The third-order valence-corrected chi connectivity index (χ3v) is 7.81. The number of nitrogens with one attached hydrogen (secondary N) is 1. The molecule has 0 saturated carbocycles. The van der Waals surface area contributed by atoms with Gasteiger partial charge in [0.25, 0.3) is 5.56 Å². The monoisotopic (exact) mass is 485 g/mol. The summed E-state index contributed by atoms with van der Waals surface area (Å²) in [5.41, 5.74) is 1.40. The highest BCUT2D eigenvalue weighted by molar-refractivity contribution is 7.97. The van der Waals surface area contributed by atoms with Crippen molar-refractivity contribution in [2.45, 2.75) is 36.6 Å². The second kappa shape index (κ2) is 10.4. The maximum absolute atomic E-state index is 12.9. The number of hydrogen-bond acceptors (Lipinski definition) is 7. The van der Waals surface area contributed by atoms with E-state index in [-0.39, 0.29) is 16.6 Å². The summed E-state index contributed by atoms with van der Waals surface area (Å²) >= 11 is 8.18. The molecule has 1 N–H and O–H groups in total. The Labute approximate surface area is 202 Å². The van der Waals surface area contributed by atoms with Crippen molar-refractivity contribution in [3.63, 3.8) is 0 Å². The Morgan fingerprint density at radius 1 is 1.21 bits per heavy atom. The molecule has 1 atom stereocenters. The van der Waals surface area contributed by atoms with Crippen molar-refractivity contribution in [2.75, 3.05) is 38.2 Å². The second-order valence-corrected chi connectivity index (χ2v) is 10.2. The molecule has 1 unspecified atom stereocenters. The van der Waals surface area contributed by atoms with E-state index in [4.69, 9.17) is 16.3 Å². The third kappa shape index (κ3) is 5.35. The molecular weight excluding hydrogens is 458 g/mol. The topological polar surface area (TPSA) is 72.3 Å². The minimum absolute atomic E-state index is 0.0610. The molecule has 2 aliphatic rings. The van der Waals surface area contributed by atoms with Gasteiger partial charge in [-0.3, -0.25) is 9.78 Å². The molecule has 33 heavy (non-hydrogen) atoms. The number of piperidine rings is 1. The number of anilines is 1. The number of ether oxygens (including phenoxy) is 1. The number of benzene rings is 1. The van der Waals surface area contributed by atoms with Gasteiger partial charge in [-0.1, -0.05) is 23.7 Å². The zero-order chi connectivity index (χ0) is 22.6. The van der Waals surface area contributed by atoms with Crippen molar-refractivity contribution in [3.8, 4) is 0 Å². The summed E-state index contributed by atoms with van der Waals surface area (Å²) in [4.78, 5) is 18.5. The number of pyridine rings is 1. The Morgan fingerprint density at radius 2 is 2.09 bits per heavy atom. The summed E-state index contributed by atoms with van der Waals surface area (Å²) in [5.74, 6) is 0.442. The minimum atomic E-state index is -0.215. The summed E-state index contributed by atoms with van der Waals surface area (Å²) in [6.07, 6.45) is 7.43. The largest absolute Gasteiger partial charge is 0.382 e. The van der Waals surface area contributed by atoms with Gasteiger partial charge in [-0.25, -0.2) is 8.99 Å².